The molecule has 0 N–H and O–H groups in total. The number of Topliss-reactive ketones (excluding diaryl/α,β-unsaturated/α-hetero) is 1. The van der Waals surface area contributed by atoms with Crippen molar-refractivity contribution in [1.29, 1.82) is 0 Å². The molecule has 1 saturated carbocycles. The average molecular weight is 286 g/mol. The van der Waals surface area contributed by atoms with Crippen molar-refractivity contribution in [2.24, 2.45) is 22.7 Å². The highest BCUT2D eigenvalue weighted by atomic mass is 16.1. The third-order valence-electron chi connectivity index (χ3n) is 5.67. The van der Waals surface area contributed by atoms with E-state index in [0.717, 1.165) is 17.4 Å². The number of hydrogen-bond acceptors (Lipinski definition) is 2. The SMILES string of the molecule is C=CCC1=C(C)C(C2(C=O)C(C=C(C)C)C2(C)C)CC1=O. The Kier molecular flexibility index (Phi) is 3.86. The van der Waals surface area contributed by atoms with Gasteiger partial charge in [0.2, 0.25) is 0 Å². The molecule has 2 aliphatic rings. The molecule has 0 heterocycles. The van der Waals surface area contributed by atoms with E-state index in [1.807, 2.05) is 6.92 Å². The second-order valence-electron chi connectivity index (χ2n) is 7.33. The van der Waals surface area contributed by atoms with Crippen LogP contribution in [0.1, 0.15) is 47.5 Å². The molecule has 0 aromatic rings. The zero-order valence-electron chi connectivity index (χ0n) is 13.8. The van der Waals surface area contributed by atoms with Gasteiger partial charge < -0.3 is 4.79 Å². The second kappa shape index (κ2) is 5.08. The lowest BCUT2D eigenvalue weighted by Gasteiger charge is -2.22. The standard InChI is InChI=1S/C19H26O2/c1-7-8-14-13(4)15(10-16(14)21)19(11-20)17(9-12(2)3)18(19,5)6/h7,9,11,15,17H,1,8,10H2,2-6H3. The largest absolute Gasteiger partial charge is 0.303 e. The minimum Gasteiger partial charge on any atom is -0.303 e. The van der Waals surface area contributed by atoms with Gasteiger partial charge in [-0.15, -0.1) is 6.58 Å². The van der Waals surface area contributed by atoms with E-state index in [1.165, 1.54) is 5.57 Å². The maximum absolute atomic E-state index is 12.3. The number of aldehydes is 1. The van der Waals surface area contributed by atoms with Gasteiger partial charge in [0.05, 0.1) is 0 Å². The minimum absolute atomic E-state index is 0.0491. The number of allylic oxidation sites excluding steroid dienone is 5. The van der Waals surface area contributed by atoms with Crippen LogP contribution in [0.3, 0.4) is 0 Å². The maximum Gasteiger partial charge on any atom is 0.159 e. The molecule has 0 amide bonds. The van der Waals surface area contributed by atoms with Crippen LogP contribution in [-0.2, 0) is 9.59 Å². The normalized spacial score (nSPS) is 33.9. The molecule has 0 spiro atoms. The molecule has 2 rings (SSSR count). The molecule has 1 fully saturated rings. The van der Waals surface area contributed by atoms with E-state index in [2.05, 4.69) is 40.3 Å². The smallest absolute Gasteiger partial charge is 0.159 e. The summed E-state index contributed by atoms with van der Waals surface area (Å²) >= 11 is 0. The summed E-state index contributed by atoms with van der Waals surface area (Å²) in [4.78, 5) is 24.3. The van der Waals surface area contributed by atoms with Gasteiger partial charge in [0.1, 0.15) is 6.29 Å². The van der Waals surface area contributed by atoms with E-state index < -0.39 is 5.41 Å². The van der Waals surface area contributed by atoms with Gasteiger partial charge in [-0.05, 0) is 44.1 Å². The van der Waals surface area contributed by atoms with Crippen molar-refractivity contribution in [3.63, 3.8) is 0 Å². The molecule has 0 aromatic carbocycles. The van der Waals surface area contributed by atoms with Crippen LogP contribution in [0.15, 0.2) is 35.5 Å². The van der Waals surface area contributed by atoms with Crippen LogP contribution in [0.4, 0.5) is 0 Å². The van der Waals surface area contributed by atoms with Crippen molar-refractivity contribution in [3.8, 4) is 0 Å². The fraction of sp³-hybridized carbons (Fsp3) is 0.579. The lowest BCUT2D eigenvalue weighted by molar-refractivity contribution is -0.117. The molecule has 3 unspecified atom stereocenters. The summed E-state index contributed by atoms with van der Waals surface area (Å²) in [6, 6.07) is 0. The molecule has 0 radical (unpaired) electrons. The molecule has 2 nitrogen and oxygen atoms in total. The van der Waals surface area contributed by atoms with Crippen molar-refractivity contribution in [2.45, 2.75) is 47.5 Å². The van der Waals surface area contributed by atoms with E-state index in [0.29, 0.717) is 12.8 Å². The number of rotatable bonds is 5. The first-order valence-electron chi connectivity index (χ1n) is 7.69. The van der Waals surface area contributed by atoms with Crippen LogP contribution < -0.4 is 0 Å². The number of carbonyl (C=O) groups excluding carboxylic acids is 2. The molecule has 2 heteroatoms. The Morgan fingerprint density at radius 3 is 2.48 bits per heavy atom. The Bertz CT molecular complexity index is 558. The first-order chi connectivity index (χ1) is 9.73. The average Bonchev–Trinajstić information content (AvgIpc) is 2.71. The molecule has 0 aromatic heterocycles. The molecule has 114 valence electrons. The number of ketones is 1. The van der Waals surface area contributed by atoms with Crippen molar-refractivity contribution < 1.29 is 9.59 Å². The Morgan fingerprint density at radius 2 is 2.00 bits per heavy atom. The van der Waals surface area contributed by atoms with Gasteiger partial charge in [-0.25, -0.2) is 0 Å². The van der Waals surface area contributed by atoms with Gasteiger partial charge in [0.25, 0.3) is 0 Å². The Hall–Kier alpha value is -1.44. The van der Waals surface area contributed by atoms with Gasteiger partial charge in [-0.3, -0.25) is 4.79 Å². The molecule has 0 bridgehead atoms. The number of hydrogen-bond donors (Lipinski definition) is 0. The van der Waals surface area contributed by atoms with E-state index >= 15 is 0 Å². The lowest BCUT2D eigenvalue weighted by Crippen LogP contribution is -2.23. The van der Waals surface area contributed by atoms with E-state index in [9.17, 15) is 9.59 Å². The Morgan fingerprint density at radius 1 is 1.38 bits per heavy atom. The second-order valence-corrected chi connectivity index (χ2v) is 7.33. The van der Waals surface area contributed by atoms with Crippen LogP contribution in [0.25, 0.3) is 0 Å². The molecular weight excluding hydrogens is 260 g/mol. The van der Waals surface area contributed by atoms with Crippen molar-refractivity contribution in [3.05, 3.63) is 35.5 Å². The van der Waals surface area contributed by atoms with Crippen molar-refractivity contribution >= 4 is 12.1 Å². The van der Waals surface area contributed by atoms with Crippen molar-refractivity contribution in [1.82, 2.24) is 0 Å². The van der Waals surface area contributed by atoms with E-state index in [4.69, 9.17) is 0 Å². The van der Waals surface area contributed by atoms with Gasteiger partial charge in [0.15, 0.2) is 5.78 Å². The molecule has 3 atom stereocenters. The summed E-state index contributed by atoms with van der Waals surface area (Å²) < 4.78 is 0. The highest BCUT2D eigenvalue weighted by molar-refractivity contribution is 6.00. The van der Waals surface area contributed by atoms with Crippen LogP contribution >= 0.6 is 0 Å². The topological polar surface area (TPSA) is 34.1 Å². The Balaban J connectivity index is 2.45. The zero-order valence-corrected chi connectivity index (χ0v) is 13.8. The minimum atomic E-state index is -0.424. The van der Waals surface area contributed by atoms with E-state index in [-0.39, 0.29) is 23.0 Å². The summed E-state index contributed by atoms with van der Waals surface area (Å²) in [5.41, 5.74) is 2.70. The van der Waals surface area contributed by atoms with Crippen LogP contribution in [0.5, 0.6) is 0 Å². The fourth-order valence-electron chi connectivity index (χ4n) is 4.36. The van der Waals surface area contributed by atoms with Gasteiger partial charge in [0, 0.05) is 17.8 Å². The van der Waals surface area contributed by atoms with Gasteiger partial charge in [-0.2, -0.15) is 0 Å². The van der Waals surface area contributed by atoms with Gasteiger partial charge >= 0.3 is 0 Å². The number of carbonyl (C=O) groups is 2. The summed E-state index contributed by atoms with van der Waals surface area (Å²) in [7, 11) is 0. The fourth-order valence-corrected chi connectivity index (χ4v) is 4.36. The molecule has 21 heavy (non-hydrogen) atoms. The lowest BCUT2D eigenvalue weighted by atomic mass is 9.79. The zero-order chi connectivity index (χ0) is 16.0. The van der Waals surface area contributed by atoms with Crippen LogP contribution in [0.2, 0.25) is 0 Å². The predicted molar refractivity (Wildman–Crippen MR) is 85.8 cm³/mol. The molecule has 2 aliphatic carbocycles. The quantitative estimate of drug-likeness (QED) is 0.558. The molecular formula is C19H26O2. The monoisotopic (exact) mass is 286 g/mol. The summed E-state index contributed by atoms with van der Waals surface area (Å²) in [5, 5.41) is 0. The van der Waals surface area contributed by atoms with Gasteiger partial charge in [-0.1, -0.05) is 37.1 Å². The third kappa shape index (κ3) is 2.07. The first kappa shape index (κ1) is 15.9. The summed E-state index contributed by atoms with van der Waals surface area (Å²) in [5.74, 6) is 0.466. The van der Waals surface area contributed by atoms with Crippen LogP contribution in [-0.4, -0.2) is 12.1 Å². The third-order valence-corrected chi connectivity index (χ3v) is 5.67. The van der Waals surface area contributed by atoms with Crippen molar-refractivity contribution in [2.75, 3.05) is 0 Å². The summed E-state index contributed by atoms with van der Waals surface area (Å²) in [6.07, 6.45) is 6.19. The highest BCUT2D eigenvalue weighted by Crippen LogP contribution is 2.74. The molecule has 0 saturated heterocycles. The Labute approximate surface area is 128 Å². The van der Waals surface area contributed by atoms with E-state index in [1.54, 1.807) is 6.08 Å². The first-order valence-corrected chi connectivity index (χ1v) is 7.69. The predicted octanol–water partition coefficient (Wildman–Crippen LogP) is 4.28. The maximum atomic E-state index is 12.3. The highest BCUT2D eigenvalue weighted by Gasteiger charge is 2.74. The summed E-state index contributed by atoms with van der Waals surface area (Å²) in [6.45, 7) is 14.2. The van der Waals surface area contributed by atoms with Crippen LogP contribution in [0, 0.1) is 22.7 Å². The molecule has 0 aliphatic heterocycles.